The Morgan fingerprint density at radius 1 is 1.22 bits per heavy atom. The number of fused-ring (bicyclic) bond motifs is 1. The van der Waals surface area contributed by atoms with Gasteiger partial charge in [0.1, 0.15) is 11.3 Å². The van der Waals surface area contributed by atoms with Crippen molar-refractivity contribution in [2.75, 3.05) is 19.8 Å². The summed E-state index contributed by atoms with van der Waals surface area (Å²) in [5, 5.41) is 0.749. The van der Waals surface area contributed by atoms with Crippen molar-refractivity contribution in [3.05, 3.63) is 29.1 Å². The maximum Gasteiger partial charge on any atom is 0.357 e. The van der Waals surface area contributed by atoms with E-state index in [9.17, 15) is 9.59 Å². The lowest BCUT2D eigenvalue weighted by Crippen LogP contribution is -2.12. The highest BCUT2D eigenvalue weighted by Crippen LogP contribution is 2.26. The Bertz CT molecular complexity index is 723. The molecule has 7 nitrogen and oxygen atoms in total. The van der Waals surface area contributed by atoms with Crippen LogP contribution in [0.5, 0.6) is 0 Å². The summed E-state index contributed by atoms with van der Waals surface area (Å²) in [5.41, 5.74) is 7.51. The van der Waals surface area contributed by atoms with Gasteiger partial charge < -0.3 is 20.2 Å². The van der Waals surface area contributed by atoms with Gasteiger partial charge in [0.2, 0.25) is 0 Å². The highest BCUT2D eigenvalue weighted by molar-refractivity contribution is 5.97. The third-order valence-electron chi connectivity index (χ3n) is 3.50. The van der Waals surface area contributed by atoms with Crippen LogP contribution in [0, 0.1) is 0 Å². The molecule has 0 saturated heterocycles. The number of nitrogens with two attached hydrogens (primary N) is 1. The first-order valence-corrected chi connectivity index (χ1v) is 7.59. The van der Waals surface area contributed by atoms with E-state index in [2.05, 4.69) is 9.97 Å². The molecule has 0 fully saturated rings. The Kier molecular flexibility index (Phi) is 5.33. The Morgan fingerprint density at radius 3 is 2.48 bits per heavy atom. The minimum absolute atomic E-state index is 0.000443. The quantitative estimate of drug-likeness (QED) is 0.788. The standard InChI is InChI=1S/C16H21N3O4/c1-4-22-15(20)12-6-10(9(3)8-17)11-7-13(16(21)23-5-2)19-14(11)18-12/h6-7,9H,4-5,8,17H2,1-3H3,(H,18,19)/t9-/m1/s1. The van der Waals surface area contributed by atoms with Crippen molar-refractivity contribution in [1.82, 2.24) is 9.97 Å². The molecular weight excluding hydrogens is 298 g/mol. The third-order valence-corrected chi connectivity index (χ3v) is 3.50. The van der Waals surface area contributed by atoms with Gasteiger partial charge in [-0.2, -0.15) is 0 Å². The molecule has 0 aliphatic heterocycles. The number of rotatable bonds is 6. The fourth-order valence-electron chi connectivity index (χ4n) is 2.29. The highest BCUT2D eigenvalue weighted by Gasteiger charge is 2.20. The summed E-state index contributed by atoms with van der Waals surface area (Å²) >= 11 is 0. The fraction of sp³-hybridized carbons (Fsp3) is 0.438. The molecule has 2 heterocycles. The summed E-state index contributed by atoms with van der Waals surface area (Å²) in [6.45, 7) is 6.36. The molecule has 2 aromatic heterocycles. The van der Waals surface area contributed by atoms with Gasteiger partial charge in [-0.1, -0.05) is 6.92 Å². The second-order valence-electron chi connectivity index (χ2n) is 5.12. The number of H-pyrrole nitrogens is 1. The van der Waals surface area contributed by atoms with Crippen LogP contribution in [0.15, 0.2) is 12.1 Å². The van der Waals surface area contributed by atoms with Gasteiger partial charge in [-0.15, -0.1) is 0 Å². The molecule has 0 unspecified atom stereocenters. The average Bonchev–Trinajstić information content (AvgIpc) is 2.97. The number of aromatic nitrogens is 2. The second-order valence-corrected chi connectivity index (χ2v) is 5.12. The van der Waals surface area contributed by atoms with Gasteiger partial charge in [0.05, 0.1) is 13.2 Å². The number of hydrogen-bond donors (Lipinski definition) is 2. The van der Waals surface area contributed by atoms with Crippen molar-refractivity contribution in [3.8, 4) is 0 Å². The molecule has 0 radical (unpaired) electrons. The van der Waals surface area contributed by atoms with Crippen molar-refractivity contribution in [3.63, 3.8) is 0 Å². The lowest BCUT2D eigenvalue weighted by Gasteiger charge is -2.11. The van der Waals surface area contributed by atoms with E-state index in [0.29, 0.717) is 17.9 Å². The van der Waals surface area contributed by atoms with Crippen LogP contribution in [0.2, 0.25) is 0 Å². The molecule has 23 heavy (non-hydrogen) atoms. The topological polar surface area (TPSA) is 107 Å². The van der Waals surface area contributed by atoms with Crippen LogP contribution in [-0.4, -0.2) is 41.7 Å². The van der Waals surface area contributed by atoms with E-state index < -0.39 is 11.9 Å². The van der Waals surface area contributed by atoms with Gasteiger partial charge in [-0.25, -0.2) is 14.6 Å². The normalized spacial score (nSPS) is 12.2. The zero-order valence-electron chi connectivity index (χ0n) is 13.5. The van der Waals surface area contributed by atoms with Crippen molar-refractivity contribution in [1.29, 1.82) is 0 Å². The molecule has 0 saturated carbocycles. The monoisotopic (exact) mass is 319 g/mol. The summed E-state index contributed by atoms with van der Waals surface area (Å²) in [5.74, 6) is -0.971. The van der Waals surface area contributed by atoms with E-state index in [4.69, 9.17) is 15.2 Å². The van der Waals surface area contributed by atoms with Gasteiger partial charge in [0.25, 0.3) is 0 Å². The third kappa shape index (κ3) is 3.50. The van der Waals surface area contributed by atoms with Crippen molar-refractivity contribution < 1.29 is 19.1 Å². The number of carbonyl (C=O) groups excluding carboxylic acids is 2. The molecule has 1 atom stereocenters. The zero-order chi connectivity index (χ0) is 17.0. The number of hydrogen-bond acceptors (Lipinski definition) is 6. The number of esters is 2. The van der Waals surface area contributed by atoms with Gasteiger partial charge in [-0.05, 0) is 44.0 Å². The Hall–Kier alpha value is -2.41. The van der Waals surface area contributed by atoms with Crippen LogP contribution in [0.4, 0.5) is 0 Å². The Balaban J connectivity index is 2.57. The number of nitrogens with zero attached hydrogens (tertiary/aromatic N) is 1. The van der Waals surface area contributed by atoms with Crippen LogP contribution in [0.25, 0.3) is 11.0 Å². The predicted octanol–water partition coefficient (Wildman–Crippen LogP) is 1.98. The minimum atomic E-state index is -0.507. The molecule has 0 aromatic carbocycles. The smallest absolute Gasteiger partial charge is 0.357 e. The summed E-state index contributed by atoms with van der Waals surface area (Å²) in [6, 6.07) is 3.34. The Labute approximate surface area is 134 Å². The molecule has 2 rings (SSSR count). The molecule has 124 valence electrons. The Morgan fingerprint density at radius 2 is 1.87 bits per heavy atom. The van der Waals surface area contributed by atoms with E-state index in [1.807, 2.05) is 6.92 Å². The summed E-state index contributed by atoms with van der Waals surface area (Å²) in [4.78, 5) is 31.0. The lowest BCUT2D eigenvalue weighted by atomic mass is 9.98. The van der Waals surface area contributed by atoms with Crippen LogP contribution < -0.4 is 5.73 Å². The van der Waals surface area contributed by atoms with Crippen molar-refractivity contribution >= 4 is 23.0 Å². The first-order chi connectivity index (χ1) is 11.0. The molecule has 2 aromatic rings. The van der Waals surface area contributed by atoms with Gasteiger partial charge in [0, 0.05) is 5.39 Å². The zero-order valence-corrected chi connectivity index (χ0v) is 13.5. The molecule has 7 heteroatoms. The highest BCUT2D eigenvalue weighted by atomic mass is 16.5. The first kappa shape index (κ1) is 17.0. The van der Waals surface area contributed by atoms with E-state index in [1.165, 1.54) is 0 Å². The van der Waals surface area contributed by atoms with Crippen LogP contribution in [-0.2, 0) is 9.47 Å². The number of aromatic amines is 1. The van der Waals surface area contributed by atoms with E-state index in [1.54, 1.807) is 26.0 Å². The summed E-state index contributed by atoms with van der Waals surface area (Å²) in [6.07, 6.45) is 0. The number of ether oxygens (including phenoxy) is 2. The van der Waals surface area contributed by atoms with Gasteiger partial charge in [-0.3, -0.25) is 0 Å². The fourth-order valence-corrected chi connectivity index (χ4v) is 2.29. The molecule has 3 N–H and O–H groups in total. The number of pyridine rings is 1. The first-order valence-electron chi connectivity index (χ1n) is 7.59. The summed E-state index contributed by atoms with van der Waals surface area (Å²) in [7, 11) is 0. The van der Waals surface area contributed by atoms with Gasteiger partial charge in [0.15, 0.2) is 5.69 Å². The van der Waals surface area contributed by atoms with E-state index in [-0.39, 0.29) is 24.8 Å². The van der Waals surface area contributed by atoms with Crippen LogP contribution in [0.1, 0.15) is 53.2 Å². The van der Waals surface area contributed by atoms with E-state index >= 15 is 0 Å². The lowest BCUT2D eigenvalue weighted by molar-refractivity contribution is 0.0512. The number of nitrogens with one attached hydrogen (secondary N) is 1. The van der Waals surface area contributed by atoms with E-state index in [0.717, 1.165) is 10.9 Å². The molecule has 0 bridgehead atoms. The average molecular weight is 319 g/mol. The minimum Gasteiger partial charge on any atom is -0.461 e. The van der Waals surface area contributed by atoms with Gasteiger partial charge >= 0.3 is 11.9 Å². The maximum absolute atomic E-state index is 12.0. The van der Waals surface area contributed by atoms with Crippen molar-refractivity contribution in [2.24, 2.45) is 5.73 Å². The number of carbonyl (C=O) groups is 2. The molecule has 0 amide bonds. The van der Waals surface area contributed by atoms with Crippen LogP contribution >= 0.6 is 0 Å². The summed E-state index contributed by atoms with van der Waals surface area (Å²) < 4.78 is 9.99. The SMILES string of the molecule is CCOC(=O)c1cc([C@H](C)CN)c2cc(C(=O)OCC)[nH]c2n1. The molecule has 0 aliphatic carbocycles. The van der Waals surface area contributed by atoms with Crippen LogP contribution in [0.3, 0.4) is 0 Å². The molecular formula is C16H21N3O4. The molecule has 0 aliphatic rings. The molecule has 0 spiro atoms. The van der Waals surface area contributed by atoms with Crippen molar-refractivity contribution in [2.45, 2.75) is 26.7 Å². The largest absolute Gasteiger partial charge is 0.461 e. The predicted molar refractivity (Wildman–Crippen MR) is 85.5 cm³/mol. The second kappa shape index (κ2) is 7.23. The maximum atomic E-state index is 12.0.